The van der Waals surface area contributed by atoms with Crippen molar-refractivity contribution in [2.75, 3.05) is 0 Å². The van der Waals surface area contributed by atoms with Crippen molar-refractivity contribution in [1.82, 2.24) is 0 Å². The van der Waals surface area contributed by atoms with E-state index < -0.39 is 9.96 Å². The van der Waals surface area contributed by atoms with Crippen LogP contribution in [0.5, 0.6) is 0 Å². The van der Waals surface area contributed by atoms with E-state index in [1.165, 1.54) is 6.08 Å². The second-order valence-corrected chi connectivity index (χ2v) is 3.28. The van der Waals surface area contributed by atoms with Crippen LogP contribution in [0.4, 0.5) is 4.39 Å². The molecule has 0 aromatic rings. The summed E-state index contributed by atoms with van der Waals surface area (Å²) in [6.07, 6.45) is 1.27. The Hall–Kier alpha value is 0.540. The molecular formula is C5H6Cl3F. The van der Waals surface area contributed by atoms with E-state index >= 15 is 0 Å². The zero-order chi connectivity index (χ0) is 7.49. The first-order valence-corrected chi connectivity index (χ1v) is 3.52. The summed E-state index contributed by atoms with van der Waals surface area (Å²) in [5.74, 6) is 0. The minimum atomic E-state index is -2.06. The number of hydrogen-bond acceptors (Lipinski definition) is 0. The van der Waals surface area contributed by atoms with Crippen LogP contribution in [-0.4, -0.2) is 9.96 Å². The molecule has 0 amide bonds. The molecule has 0 N–H and O–H groups in total. The molecular weight excluding hydrogens is 185 g/mol. The summed E-state index contributed by atoms with van der Waals surface area (Å²) in [6, 6.07) is 0. The fourth-order valence-corrected chi connectivity index (χ4v) is 0.569. The van der Waals surface area contributed by atoms with Crippen molar-refractivity contribution in [2.45, 2.75) is 16.4 Å². The molecule has 0 fully saturated rings. The first kappa shape index (κ1) is 9.54. The van der Waals surface area contributed by atoms with Crippen LogP contribution in [0.2, 0.25) is 0 Å². The summed E-state index contributed by atoms with van der Waals surface area (Å²) >= 11 is 15.5. The average Bonchev–Trinajstić information content (AvgIpc) is 1.65. The smallest absolute Gasteiger partial charge is 0.216 e. The van der Waals surface area contributed by atoms with Gasteiger partial charge in [-0.2, -0.15) is 0 Å². The highest BCUT2D eigenvalue weighted by atomic mass is 35.5. The van der Waals surface area contributed by atoms with Crippen LogP contribution in [0.25, 0.3) is 0 Å². The lowest BCUT2D eigenvalue weighted by molar-refractivity contribution is 0.300. The SMILES string of the molecule is C=CCC(F)(Cl)C(Cl)Cl. The Morgan fingerprint density at radius 2 is 2.11 bits per heavy atom. The fourth-order valence-electron chi connectivity index (χ4n) is 0.282. The monoisotopic (exact) mass is 190 g/mol. The van der Waals surface area contributed by atoms with Crippen LogP contribution in [0.15, 0.2) is 12.7 Å². The minimum absolute atomic E-state index is 0.0494. The second-order valence-electron chi connectivity index (χ2n) is 1.55. The maximum atomic E-state index is 12.6. The predicted molar refractivity (Wildman–Crippen MR) is 40.0 cm³/mol. The highest BCUT2D eigenvalue weighted by Gasteiger charge is 2.32. The molecule has 1 atom stereocenters. The summed E-state index contributed by atoms with van der Waals surface area (Å²) in [4.78, 5) is -1.21. The Labute approximate surface area is 68.6 Å². The van der Waals surface area contributed by atoms with Crippen molar-refractivity contribution >= 4 is 34.8 Å². The van der Waals surface area contributed by atoms with Gasteiger partial charge in [0.25, 0.3) is 0 Å². The summed E-state index contributed by atoms with van der Waals surface area (Å²) in [5, 5.41) is -2.06. The van der Waals surface area contributed by atoms with E-state index in [1.807, 2.05) is 0 Å². The lowest BCUT2D eigenvalue weighted by Crippen LogP contribution is -2.21. The maximum Gasteiger partial charge on any atom is 0.216 e. The lowest BCUT2D eigenvalue weighted by Gasteiger charge is -2.15. The van der Waals surface area contributed by atoms with Crippen molar-refractivity contribution < 1.29 is 4.39 Å². The molecule has 4 heteroatoms. The van der Waals surface area contributed by atoms with Gasteiger partial charge >= 0.3 is 0 Å². The number of allylic oxidation sites excluding steroid dienone is 1. The molecule has 0 aliphatic heterocycles. The molecule has 0 nitrogen and oxygen atoms in total. The van der Waals surface area contributed by atoms with Gasteiger partial charge in [0, 0.05) is 6.42 Å². The Morgan fingerprint density at radius 1 is 1.67 bits per heavy atom. The third kappa shape index (κ3) is 3.29. The van der Waals surface area contributed by atoms with E-state index in [9.17, 15) is 4.39 Å². The first-order valence-electron chi connectivity index (χ1n) is 2.27. The van der Waals surface area contributed by atoms with Crippen LogP contribution >= 0.6 is 34.8 Å². The molecule has 0 heterocycles. The van der Waals surface area contributed by atoms with Gasteiger partial charge in [-0.3, -0.25) is 0 Å². The van der Waals surface area contributed by atoms with E-state index in [1.54, 1.807) is 0 Å². The van der Waals surface area contributed by atoms with Crippen molar-refractivity contribution in [3.05, 3.63) is 12.7 Å². The molecule has 0 radical (unpaired) electrons. The molecule has 0 aromatic carbocycles. The molecule has 0 aromatic heterocycles. The molecule has 54 valence electrons. The predicted octanol–water partition coefficient (Wildman–Crippen LogP) is 3.27. The fraction of sp³-hybridized carbons (Fsp3) is 0.600. The molecule has 9 heavy (non-hydrogen) atoms. The third-order valence-electron chi connectivity index (χ3n) is 0.736. The molecule has 0 saturated carbocycles. The van der Waals surface area contributed by atoms with Crippen molar-refractivity contribution in [2.24, 2.45) is 0 Å². The highest BCUT2D eigenvalue weighted by molar-refractivity contribution is 6.49. The van der Waals surface area contributed by atoms with E-state index in [4.69, 9.17) is 34.8 Å². The van der Waals surface area contributed by atoms with Gasteiger partial charge in [-0.15, -0.1) is 29.8 Å². The molecule has 1 unspecified atom stereocenters. The van der Waals surface area contributed by atoms with E-state index in [-0.39, 0.29) is 6.42 Å². The van der Waals surface area contributed by atoms with Gasteiger partial charge in [0.05, 0.1) is 0 Å². The zero-order valence-corrected chi connectivity index (χ0v) is 6.85. The average molecular weight is 191 g/mol. The Kier molecular flexibility index (Phi) is 3.86. The van der Waals surface area contributed by atoms with Gasteiger partial charge in [0.15, 0.2) is 4.84 Å². The topological polar surface area (TPSA) is 0 Å². The quantitative estimate of drug-likeness (QED) is 0.474. The van der Waals surface area contributed by atoms with Gasteiger partial charge in [-0.25, -0.2) is 4.39 Å². The zero-order valence-electron chi connectivity index (χ0n) is 4.58. The summed E-state index contributed by atoms with van der Waals surface area (Å²) in [6.45, 7) is 3.29. The minimum Gasteiger partial charge on any atom is -0.223 e. The Bertz CT molecular complexity index is 100. The molecule has 0 bridgehead atoms. The maximum absolute atomic E-state index is 12.6. The summed E-state index contributed by atoms with van der Waals surface area (Å²) in [5.41, 5.74) is 0. The van der Waals surface area contributed by atoms with Crippen molar-refractivity contribution in [1.29, 1.82) is 0 Å². The molecule has 0 saturated heterocycles. The van der Waals surface area contributed by atoms with E-state index in [0.29, 0.717) is 0 Å². The number of halogens is 4. The van der Waals surface area contributed by atoms with Gasteiger partial charge in [0.1, 0.15) is 0 Å². The van der Waals surface area contributed by atoms with E-state index in [2.05, 4.69) is 6.58 Å². The van der Waals surface area contributed by atoms with Crippen LogP contribution in [0.3, 0.4) is 0 Å². The number of alkyl halides is 4. The Balaban J connectivity index is 3.84. The van der Waals surface area contributed by atoms with Gasteiger partial charge < -0.3 is 0 Å². The lowest BCUT2D eigenvalue weighted by atomic mass is 10.3. The van der Waals surface area contributed by atoms with Crippen molar-refractivity contribution in [3.63, 3.8) is 0 Å². The largest absolute Gasteiger partial charge is 0.223 e. The van der Waals surface area contributed by atoms with Gasteiger partial charge in [0.2, 0.25) is 5.13 Å². The molecule has 0 aliphatic carbocycles. The third-order valence-corrected chi connectivity index (χ3v) is 2.02. The van der Waals surface area contributed by atoms with Gasteiger partial charge in [-0.05, 0) is 0 Å². The Morgan fingerprint density at radius 3 is 2.22 bits per heavy atom. The molecule has 0 spiro atoms. The highest BCUT2D eigenvalue weighted by Crippen LogP contribution is 2.32. The molecule has 0 rings (SSSR count). The van der Waals surface area contributed by atoms with Crippen LogP contribution in [0.1, 0.15) is 6.42 Å². The standard InChI is InChI=1S/C5H6Cl3F/c1-2-3-5(8,9)4(6)7/h2,4H,1,3H2. The number of rotatable bonds is 3. The summed E-state index contributed by atoms with van der Waals surface area (Å²) in [7, 11) is 0. The summed E-state index contributed by atoms with van der Waals surface area (Å²) < 4.78 is 12.6. The van der Waals surface area contributed by atoms with Crippen LogP contribution in [-0.2, 0) is 0 Å². The first-order chi connectivity index (χ1) is 4.00. The van der Waals surface area contributed by atoms with Gasteiger partial charge in [-0.1, -0.05) is 17.7 Å². The number of hydrogen-bond donors (Lipinski definition) is 0. The van der Waals surface area contributed by atoms with Crippen molar-refractivity contribution in [3.8, 4) is 0 Å². The normalized spacial score (nSPS) is 17.4. The van der Waals surface area contributed by atoms with Crippen LogP contribution in [0, 0.1) is 0 Å². The van der Waals surface area contributed by atoms with Crippen LogP contribution < -0.4 is 0 Å². The molecule has 0 aliphatic rings. The second kappa shape index (κ2) is 3.65. The van der Waals surface area contributed by atoms with E-state index in [0.717, 1.165) is 0 Å².